The van der Waals surface area contributed by atoms with Gasteiger partial charge in [-0.15, -0.1) is 0 Å². The first-order chi connectivity index (χ1) is 8.20. The Bertz CT molecular complexity index is 360. The number of aliphatic hydroxyl groups is 1. The highest BCUT2D eigenvalue weighted by molar-refractivity contribution is 5.29. The van der Waals surface area contributed by atoms with Crippen molar-refractivity contribution in [1.29, 1.82) is 0 Å². The maximum Gasteiger partial charge on any atom is 0.0471 e. The van der Waals surface area contributed by atoms with Gasteiger partial charge in [0.2, 0.25) is 0 Å². The molecular weight excluding hydrogens is 210 g/mol. The van der Waals surface area contributed by atoms with Gasteiger partial charge < -0.3 is 10.4 Å². The molecule has 2 rings (SSSR count). The zero-order valence-electron chi connectivity index (χ0n) is 10.8. The zero-order valence-corrected chi connectivity index (χ0v) is 10.8. The van der Waals surface area contributed by atoms with Crippen LogP contribution in [0.15, 0.2) is 24.3 Å². The van der Waals surface area contributed by atoms with Crippen LogP contribution in [0.3, 0.4) is 0 Å². The standard InChI is InChI=1S/C15H23NO/c1-11(10-17)12(2)16-9-13-4-3-5-15(8-13)14-6-7-14/h3-5,8,11-12,14,16-17H,6-7,9-10H2,1-2H3. The third-order valence-electron chi connectivity index (χ3n) is 3.77. The van der Waals surface area contributed by atoms with Crippen LogP contribution in [0.4, 0.5) is 0 Å². The summed E-state index contributed by atoms with van der Waals surface area (Å²) in [5.74, 6) is 1.13. The van der Waals surface area contributed by atoms with Gasteiger partial charge in [-0.2, -0.15) is 0 Å². The maximum atomic E-state index is 9.09. The van der Waals surface area contributed by atoms with Crippen molar-refractivity contribution in [2.45, 2.75) is 45.2 Å². The number of hydrogen-bond donors (Lipinski definition) is 2. The molecule has 2 heteroatoms. The molecule has 1 aromatic carbocycles. The second-order valence-electron chi connectivity index (χ2n) is 5.35. The predicted molar refractivity (Wildman–Crippen MR) is 71.0 cm³/mol. The van der Waals surface area contributed by atoms with E-state index in [9.17, 15) is 0 Å². The molecule has 0 amide bonds. The largest absolute Gasteiger partial charge is 0.396 e. The molecular formula is C15H23NO. The lowest BCUT2D eigenvalue weighted by Gasteiger charge is -2.19. The highest BCUT2D eigenvalue weighted by Gasteiger charge is 2.23. The first kappa shape index (κ1) is 12.6. The smallest absolute Gasteiger partial charge is 0.0471 e. The molecule has 1 fully saturated rings. The van der Waals surface area contributed by atoms with Gasteiger partial charge in [-0.05, 0) is 42.7 Å². The Labute approximate surface area is 104 Å². The van der Waals surface area contributed by atoms with Gasteiger partial charge >= 0.3 is 0 Å². The summed E-state index contributed by atoms with van der Waals surface area (Å²) in [5.41, 5.74) is 2.85. The lowest BCUT2D eigenvalue weighted by molar-refractivity contribution is 0.207. The Morgan fingerprint density at radius 1 is 1.35 bits per heavy atom. The molecule has 1 aromatic rings. The fourth-order valence-electron chi connectivity index (χ4n) is 2.01. The monoisotopic (exact) mass is 233 g/mol. The van der Waals surface area contributed by atoms with E-state index in [0.29, 0.717) is 12.0 Å². The average Bonchev–Trinajstić information content (AvgIpc) is 3.19. The van der Waals surface area contributed by atoms with Crippen molar-refractivity contribution >= 4 is 0 Å². The van der Waals surface area contributed by atoms with Crippen LogP contribution in [0, 0.1) is 5.92 Å². The summed E-state index contributed by atoms with van der Waals surface area (Å²) in [6.07, 6.45) is 2.71. The molecule has 0 aliphatic heterocycles. The average molecular weight is 233 g/mol. The molecule has 0 heterocycles. The fourth-order valence-corrected chi connectivity index (χ4v) is 2.01. The first-order valence-corrected chi connectivity index (χ1v) is 6.63. The molecule has 17 heavy (non-hydrogen) atoms. The number of aliphatic hydroxyl groups excluding tert-OH is 1. The van der Waals surface area contributed by atoms with E-state index in [-0.39, 0.29) is 6.61 Å². The third-order valence-corrected chi connectivity index (χ3v) is 3.77. The van der Waals surface area contributed by atoms with E-state index in [2.05, 4.69) is 43.4 Å². The number of hydrogen-bond acceptors (Lipinski definition) is 2. The first-order valence-electron chi connectivity index (χ1n) is 6.63. The van der Waals surface area contributed by atoms with Gasteiger partial charge in [0.25, 0.3) is 0 Å². The minimum absolute atomic E-state index is 0.246. The Hall–Kier alpha value is -0.860. The second-order valence-corrected chi connectivity index (χ2v) is 5.35. The summed E-state index contributed by atoms with van der Waals surface area (Å²) in [6, 6.07) is 9.24. The molecule has 1 aliphatic rings. The summed E-state index contributed by atoms with van der Waals surface area (Å²) < 4.78 is 0. The Kier molecular flexibility index (Phi) is 4.19. The summed E-state index contributed by atoms with van der Waals surface area (Å²) in [5, 5.41) is 12.6. The van der Waals surface area contributed by atoms with E-state index >= 15 is 0 Å². The van der Waals surface area contributed by atoms with E-state index in [1.165, 1.54) is 24.0 Å². The molecule has 0 radical (unpaired) electrons. The highest BCUT2D eigenvalue weighted by atomic mass is 16.3. The van der Waals surface area contributed by atoms with Crippen molar-refractivity contribution in [1.82, 2.24) is 5.32 Å². The highest BCUT2D eigenvalue weighted by Crippen LogP contribution is 2.40. The maximum absolute atomic E-state index is 9.09. The van der Waals surface area contributed by atoms with Gasteiger partial charge in [0.05, 0.1) is 0 Å². The van der Waals surface area contributed by atoms with Gasteiger partial charge in [0.15, 0.2) is 0 Å². The van der Waals surface area contributed by atoms with Gasteiger partial charge in [0.1, 0.15) is 0 Å². The normalized spacial score (nSPS) is 19.0. The van der Waals surface area contributed by atoms with E-state index in [1.807, 2.05) is 0 Å². The van der Waals surface area contributed by atoms with Crippen LogP contribution in [-0.4, -0.2) is 17.8 Å². The van der Waals surface area contributed by atoms with Crippen LogP contribution in [0.5, 0.6) is 0 Å². The lowest BCUT2D eigenvalue weighted by atomic mass is 10.0. The Morgan fingerprint density at radius 2 is 2.12 bits per heavy atom. The van der Waals surface area contributed by atoms with Crippen LogP contribution in [0.25, 0.3) is 0 Å². The molecule has 2 N–H and O–H groups in total. The van der Waals surface area contributed by atoms with Crippen LogP contribution >= 0.6 is 0 Å². The van der Waals surface area contributed by atoms with Crippen molar-refractivity contribution in [3.8, 4) is 0 Å². The molecule has 2 atom stereocenters. The molecule has 2 unspecified atom stereocenters. The van der Waals surface area contributed by atoms with Crippen molar-refractivity contribution < 1.29 is 5.11 Å². The molecule has 1 saturated carbocycles. The summed E-state index contributed by atoms with van der Waals surface area (Å²) in [4.78, 5) is 0. The van der Waals surface area contributed by atoms with E-state index in [0.717, 1.165) is 12.5 Å². The number of rotatable bonds is 6. The van der Waals surface area contributed by atoms with Crippen LogP contribution in [0.1, 0.15) is 43.7 Å². The zero-order chi connectivity index (χ0) is 12.3. The summed E-state index contributed by atoms with van der Waals surface area (Å²) in [7, 11) is 0. The van der Waals surface area contributed by atoms with Crippen molar-refractivity contribution in [2.75, 3.05) is 6.61 Å². The van der Waals surface area contributed by atoms with Gasteiger partial charge in [0, 0.05) is 19.2 Å². The molecule has 0 spiro atoms. The molecule has 1 aliphatic carbocycles. The third kappa shape index (κ3) is 3.55. The predicted octanol–water partition coefficient (Wildman–Crippen LogP) is 2.67. The van der Waals surface area contributed by atoms with Gasteiger partial charge in [-0.1, -0.05) is 31.2 Å². The summed E-state index contributed by atoms with van der Waals surface area (Å²) >= 11 is 0. The van der Waals surface area contributed by atoms with Gasteiger partial charge in [-0.3, -0.25) is 0 Å². The minimum Gasteiger partial charge on any atom is -0.396 e. The fraction of sp³-hybridized carbons (Fsp3) is 0.600. The Balaban J connectivity index is 1.87. The molecule has 2 nitrogen and oxygen atoms in total. The van der Waals surface area contributed by atoms with Crippen molar-refractivity contribution in [2.24, 2.45) is 5.92 Å². The van der Waals surface area contributed by atoms with E-state index in [1.54, 1.807) is 0 Å². The summed E-state index contributed by atoms with van der Waals surface area (Å²) in [6.45, 7) is 5.34. The Morgan fingerprint density at radius 3 is 2.76 bits per heavy atom. The SMILES string of the molecule is CC(CO)C(C)NCc1cccc(C2CC2)c1. The van der Waals surface area contributed by atoms with Gasteiger partial charge in [-0.25, -0.2) is 0 Å². The van der Waals surface area contributed by atoms with Crippen molar-refractivity contribution in [3.63, 3.8) is 0 Å². The lowest BCUT2D eigenvalue weighted by Crippen LogP contribution is -2.33. The molecule has 0 aromatic heterocycles. The second kappa shape index (κ2) is 5.65. The van der Waals surface area contributed by atoms with Crippen LogP contribution in [-0.2, 0) is 6.54 Å². The molecule has 94 valence electrons. The topological polar surface area (TPSA) is 32.3 Å². The van der Waals surface area contributed by atoms with Crippen LogP contribution < -0.4 is 5.32 Å². The van der Waals surface area contributed by atoms with Crippen molar-refractivity contribution in [3.05, 3.63) is 35.4 Å². The van der Waals surface area contributed by atoms with E-state index in [4.69, 9.17) is 5.11 Å². The minimum atomic E-state index is 0.246. The number of nitrogens with one attached hydrogen (secondary N) is 1. The quantitative estimate of drug-likeness (QED) is 0.791. The molecule has 0 bridgehead atoms. The molecule has 0 saturated heterocycles. The number of benzene rings is 1. The van der Waals surface area contributed by atoms with E-state index < -0.39 is 0 Å². The van der Waals surface area contributed by atoms with Crippen LogP contribution in [0.2, 0.25) is 0 Å².